The van der Waals surface area contributed by atoms with Crippen LogP contribution >= 0.6 is 0 Å². The van der Waals surface area contributed by atoms with Crippen LogP contribution in [0.25, 0.3) is 0 Å². The van der Waals surface area contributed by atoms with E-state index in [2.05, 4.69) is 9.08 Å². The Kier molecular flexibility index (Phi) is 4.76. The van der Waals surface area contributed by atoms with E-state index < -0.39 is 10.5 Å². The molecule has 0 atom stereocenters. The first-order chi connectivity index (χ1) is 11.8. The maximum absolute atomic E-state index is 12.5. The summed E-state index contributed by atoms with van der Waals surface area (Å²) < 4.78 is 37.6. The summed E-state index contributed by atoms with van der Waals surface area (Å²) in [5.41, 5.74) is 0.872. The van der Waals surface area contributed by atoms with Gasteiger partial charge in [0.05, 0.1) is 0 Å². The molecule has 1 aromatic rings. The van der Waals surface area contributed by atoms with Crippen molar-refractivity contribution in [3.05, 3.63) is 36.4 Å². The molecule has 2 aliphatic rings. The first-order valence-corrected chi connectivity index (χ1v) is 9.15. The first kappa shape index (κ1) is 17.4. The van der Waals surface area contributed by atoms with Crippen LogP contribution in [0.1, 0.15) is 12.8 Å². The number of piperidine rings is 1. The fraction of sp³-hybridized carbons (Fsp3) is 0.375. The van der Waals surface area contributed by atoms with Gasteiger partial charge in [-0.1, -0.05) is 3.89 Å². The van der Waals surface area contributed by atoms with Gasteiger partial charge in [0.15, 0.2) is 0 Å². The van der Waals surface area contributed by atoms with Gasteiger partial charge in [0.2, 0.25) is 0 Å². The van der Waals surface area contributed by atoms with E-state index >= 15 is 0 Å². The highest BCUT2D eigenvalue weighted by Gasteiger charge is 2.28. The molecule has 0 spiro atoms. The Labute approximate surface area is 145 Å². The average Bonchev–Trinajstić information content (AvgIpc) is 2.87. The number of nitrogens with zero attached hydrogens (tertiary/aromatic N) is 2. The van der Waals surface area contributed by atoms with Crippen molar-refractivity contribution in [3.8, 4) is 5.75 Å². The van der Waals surface area contributed by atoms with E-state index in [1.807, 2.05) is 0 Å². The Bertz CT molecular complexity index is 780. The second-order valence-corrected chi connectivity index (χ2v) is 6.97. The lowest BCUT2D eigenvalue weighted by atomic mass is 9.96. The molecule has 0 bridgehead atoms. The molecular formula is C16H17FN2O5S. The summed E-state index contributed by atoms with van der Waals surface area (Å²) in [6.45, 7) is 1.92. The third-order valence-electron chi connectivity index (χ3n) is 4.35. The van der Waals surface area contributed by atoms with Crippen molar-refractivity contribution in [3.63, 3.8) is 0 Å². The molecular weight excluding hydrogens is 351 g/mol. The van der Waals surface area contributed by atoms with Crippen LogP contribution in [0.4, 0.5) is 9.57 Å². The second kappa shape index (κ2) is 6.83. The number of halogens is 1. The predicted molar refractivity (Wildman–Crippen MR) is 87.9 cm³/mol. The number of imide groups is 1. The third-order valence-corrected chi connectivity index (χ3v) is 4.75. The lowest BCUT2D eigenvalue weighted by Crippen LogP contribution is -2.40. The summed E-state index contributed by atoms with van der Waals surface area (Å²) in [5, 5.41) is 0. The van der Waals surface area contributed by atoms with Crippen molar-refractivity contribution < 1.29 is 26.1 Å². The van der Waals surface area contributed by atoms with Crippen LogP contribution in [0, 0.1) is 5.92 Å². The number of rotatable bonds is 5. The van der Waals surface area contributed by atoms with Gasteiger partial charge >= 0.3 is 10.5 Å². The van der Waals surface area contributed by atoms with E-state index in [0.29, 0.717) is 6.54 Å². The van der Waals surface area contributed by atoms with Crippen LogP contribution < -0.4 is 9.08 Å². The Balaban J connectivity index is 1.54. The molecule has 1 saturated heterocycles. The highest BCUT2D eigenvalue weighted by molar-refractivity contribution is 7.81. The van der Waals surface area contributed by atoms with E-state index in [1.54, 1.807) is 12.1 Å². The highest BCUT2D eigenvalue weighted by Crippen LogP contribution is 2.26. The molecule has 3 rings (SSSR count). The lowest BCUT2D eigenvalue weighted by molar-refractivity contribution is -0.137. The van der Waals surface area contributed by atoms with Crippen molar-refractivity contribution in [2.24, 2.45) is 5.92 Å². The van der Waals surface area contributed by atoms with Gasteiger partial charge in [0.1, 0.15) is 5.75 Å². The van der Waals surface area contributed by atoms with Crippen LogP contribution in [-0.4, -0.2) is 44.8 Å². The van der Waals surface area contributed by atoms with E-state index in [4.69, 9.17) is 0 Å². The minimum atomic E-state index is -5.02. The van der Waals surface area contributed by atoms with Crippen molar-refractivity contribution >= 4 is 28.0 Å². The molecule has 9 heteroatoms. The zero-order valence-electron chi connectivity index (χ0n) is 13.3. The topological polar surface area (TPSA) is 84.0 Å². The quantitative estimate of drug-likeness (QED) is 0.577. The van der Waals surface area contributed by atoms with Crippen LogP contribution in [-0.2, 0) is 20.1 Å². The standard InChI is InChI=1S/C16H17FN2O5S/c17-25(22,23)24-14-3-1-13(2-4-14)18-9-7-12(8-10-18)11-19-15(20)5-6-16(19)21/h1-6,12H,7-11H2. The van der Waals surface area contributed by atoms with Gasteiger partial charge in [0.25, 0.3) is 11.8 Å². The number of carbonyl (C=O) groups excluding carboxylic acids is 2. The summed E-state index contributed by atoms with van der Waals surface area (Å²) >= 11 is 0. The number of carbonyl (C=O) groups is 2. The molecule has 25 heavy (non-hydrogen) atoms. The molecule has 0 N–H and O–H groups in total. The SMILES string of the molecule is O=C1C=CC(=O)N1CC1CCN(c2ccc(OS(=O)(=O)F)cc2)CC1. The molecule has 0 radical (unpaired) electrons. The van der Waals surface area contributed by atoms with Crippen LogP contribution in [0.15, 0.2) is 36.4 Å². The Morgan fingerprint density at radius 1 is 1.04 bits per heavy atom. The van der Waals surface area contributed by atoms with Gasteiger partial charge in [-0.3, -0.25) is 14.5 Å². The summed E-state index contributed by atoms with van der Waals surface area (Å²) in [6, 6.07) is 6.12. The molecule has 0 aliphatic carbocycles. The van der Waals surface area contributed by atoms with E-state index in [9.17, 15) is 21.9 Å². The van der Waals surface area contributed by atoms with Crippen molar-refractivity contribution in [2.75, 3.05) is 24.5 Å². The van der Waals surface area contributed by atoms with Crippen molar-refractivity contribution in [1.29, 1.82) is 0 Å². The summed E-state index contributed by atoms with van der Waals surface area (Å²) in [4.78, 5) is 26.6. The zero-order chi connectivity index (χ0) is 18.0. The fourth-order valence-corrected chi connectivity index (χ4v) is 3.41. The second-order valence-electron chi connectivity index (χ2n) is 6.02. The number of amides is 2. The molecule has 1 aromatic carbocycles. The molecule has 0 aromatic heterocycles. The van der Waals surface area contributed by atoms with Crippen molar-refractivity contribution in [1.82, 2.24) is 4.90 Å². The minimum absolute atomic E-state index is 0.0836. The summed E-state index contributed by atoms with van der Waals surface area (Å²) in [7, 11) is -5.02. The molecule has 0 unspecified atom stereocenters. The normalized spacial score (nSPS) is 18.9. The van der Waals surface area contributed by atoms with E-state index in [0.717, 1.165) is 31.6 Å². The van der Waals surface area contributed by atoms with Gasteiger partial charge in [-0.05, 0) is 43.0 Å². The monoisotopic (exact) mass is 368 g/mol. The van der Waals surface area contributed by atoms with Crippen LogP contribution in [0.2, 0.25) is 0 Å². The molecule has 2 aliphatic heterocycles. The number of benzene rings is 1. The van der Waals surface area contributed by atoms with Gasteiger partial charge in [0, 0.05) is 37.5 Å². The summed E-state index contributed by atoms with van der Waals surface area (Å²) in [6.07, 6.45) is 4.24. The largest absolute Gasteiger partial charge is 0.488 e. The average molecular weight is 368 g/mol. The minimum Gasteiger partial charge on any atom is -0.372 e. The maximum Gasteiger partial charge on any atom is 0.488 e. The molecule has 134 valence electrons. The van der Waals surface area contributed by atoms with E-state index in [1.165, 1.54) is 29.2 Å². The highest BCUT2D eigenvalue weighted by atomic mass is 32.3. The van der Waals surface area contributed by atoms with Crippen molar-refractivity contribution in [2.45, 2.75) is 12.8 Å². The Morgan fingerprint density at radius 2 is 1.60 bits per heavy atom. The molecule has 0 saturated carbocycles. The molecule has 2 heterocycles. The van der Waals surface area contributed by atoms with Gasteiger partial charge in [-0.25, -0.2) is 0 Å². The number of hydrogen-bond acceptors (Lipinski definition) is 6. The Morgan fingerprint density at radius 3 is 2.12 bits per heavy atom. The fourth-order valence-electron chi connectivity index (χ4n) is 3.07. The molecule has 7 nitrogen and oxygen atoms in total. The predicted octanol–water partition coefficient (Wildman–Crippen LogP) is 1.42. The number of hydrogen-bond donors (Lipinski definition) is 0. The Hall–Kier alpha value is -2.42. The first-order valence-electron chi connectivity index (χ1n) is 7.84. The van der Waals surface area contributed by atoms with Gasteiger partial charge in [-0.2, -0.15) is 8.42 Å². The third kappa shape index (κ3) is 4.36. The maximum atomic E-state index is 12.5. The van der Waals surface area contributed by atoms with Gasteiger partial charge in [-0.15, -0.1) is 0 Å². The summed E-state index contributed by atoms with van der Waals surface area (Å²) in [5.74, 6) is -0.348. The molecule has 2 amide bonds. The van der Waals surface area contributed by atoms with E-state index in [-0.39, 0.29) is 23.5 Å². The zero-order valence-corrected chi connectivity index (χ0v) is 14.1. The molecule has 1 fully saturated rings. The lowest BCUT2D eigenvalue weighted by Gasteiger charge is -2.34. The van der Waals surface area contributed by atoms with Crippen LogP contribution in [0.5, 0.6) is 5.75 Å². The number of anilines is 1. The van der Waals surface area contributed by atoms with Crippen LogP contribution in [0.3, 0.4) is 0 Å². The smallest absolute Gasteiger partial charge is 0.372 e. The van der Waals surface area contributed by atoms with Gasteiger partial charge < -0.3 is 9.08 Å².